The minimum atomic E-state index is 0.0256. The quantitative estimate of drug-likeness (QED) is 0.890. The molecule has 0 aromatic carbocycles. The van der Waals surface area contributed by atoms with Gasteiger partial charge >= 0.3 is 0 Å². The van der Waals surface area contributed by atoms with Crippen LogP contribution < -0.4 is 10.6 Å². The van der Waals surface area contributed by atoms with Gasteiger partial charge in [-0.25, -0.2) is 0 Å². The zero-order chi connectivity index (χ0) is 13.8. The minimum Gasteiger partial charge on any atom is -0.369 e. The molecule has 0 radical (unpaired) electrons. The van der Waals surface area contributed by atoms with Crippen molar-refractivity contribution >= 4 is 5.69 Å². The molecule has 0 aliphatic heterocycles. The fourth-order valence-electron chi connectivity index (χ4n) is 1.97. The molecule has 5 heteroatoms. The van der Waals surface area contributed by atoms with Crippen LogP contribution in [0.5, 0.6) is 0 Å². The van der Waals surface area contributed by atoms with Crippen molar-refractivity contribution in [1.82, 2.24) is 14.8 Å². The maximum atomic E-state index is 5.96. The lowest BCUT2D eigenvalue weighted by Gasteiger charge is -2.18. The van der Waals surface area contributed by atoms with E-state index in [1.807, 2.05) is 43.4 Å². The van der Waals surface area contributed by atoms with E-state index in [0.29, 0.717) is 0 Å². The van der Waals surface area contributed by atoms with Crippen LogP contribution in [0.1, 0.15) is 30.6 Å². The van der Waals surface area contributed by atoms with E-state index < -0.39 is 0 Å². The molecule has 0 aliphatic rings. The smallest absolute Gasteiger partial charge is 0.0572 e. The first-order chi connectivity index (χ1) is 9.10. The van der Waals surface area contributed by atoms with E-state index >= 15 is 0 Å². The Morgan fingerprint density at radius 2 is 2.16 bits per heavy atom. The third-order valence-electron chi connectivity index (χ3n) is 3.21. The van der Waals surface area contributed by atoms with Crippen molar-refractivity contribution in [3.63, 3.8) is 0 Å². The zero-order valence-corrected chi connectivity index (χ0v) is 11.7. The van der Waals surface area contributed by atoms with Crippen LogP contribution in [-0.4, -0.2) is 21.8 Å². The van der Waals surface area contributed by atoms with Crippen LogP contribution in [0.4, 0.5) is 5.69 Å². The summed E-state index contributed by atoms with van der Waals surface area (Å²) in [5.41, 5.74) is 9.16. The summed E-state index contributed by atoms with van der Waals surface area (Å²) in [6, 6.07) is 4.09. The van der Waals surface area contributed by atoms with Crippen molar-refractivity contribution in [1.29, 1.82) is 0 Å². The molecule has 0 aliphatic carbocycles. The summed E-state index contributed by atoms with van der Waals surface area (Å²) in [4.78, 5) is 6.57. The highest BCUT2D eigenvalue weighted by atomic mass is 15.2. The van der Waals surface area contributed by atoms with Crippen LogP contribution in [0.2, 0.25) is 0 Å². The van der Waals surface area contributed by atoms with E-state index in [1.54, 1.807) is 0 Å². The molecule has 0 unspecified atom stereocenters. The highest BCUT2D eigenvalue weighted by Crippen LogP contribution is 2.17. The Morgan fingerprint density at radius 1 is 1.37 bits per heavy atom. The van der Waals surface area contributed by atoms with Crippen molar-refractivity contribution in [2.24, 2.45) is 12.8 Å². The summed E-state index contributed by atoms with van der Waals surface area (Å²) in [6.45, 7) is 2.88. The van der Waals surface area contributed by atoms with E-state index in [0.717, 1.165) is 24.3 Å². The molecule has 2 rings (SSSR count). The molecule has 0 saturated carbocycles. The summed E-state index contributed by atoms with van der Waals surface area (Å²) in [5, 5.41) is 4.17. The number of aromatic nitrogens is 3. The van der Waals surface area contributed by atoms with Gasteiger partial charge in [-0.05, 0) is 18.6 Å². The van der Waals surface area contributed by atoms with Gasteiger partial charge < -0.3 is 10.6 Å². The Morgan fingerprint density at radius 3 is 2.68 bits per heavy atom. The van der Waals surface area contributed by atoms with Gasteiger partial charge in [-0.3, -0.25) is 9.67 Å². The molecule has 2 aromatic heterocycles. The molecule has 0 bridgehead atoms. The predicted molar refractivity (Wildman–Crippen MR) is 76.8 cm³/mol. The van der Waals surface area contributed by atoms with Gasteiger partial charge in [-0.1, -0.05) is 6.92 Å². The molecule has 2 heterocycles. The van der Waals surface area contributed by atoms with E-state index in [4.69, 9.17) is 5.73 Å². The summed E-state index contributed by atoms with van der Waals surface area (Å²) in [5.74, 6) is 0. The Labute approximate surface area is 114 Å². The Bertz CT molecular complexity index is 517. The second kappa shape index (κ2) is 5.84. The summed E-state index contributed by atoms with van der Waals surface area (Å²) < 4.78 is 1.81. The van der Waals surface area contributed by atoms with E-state index in [1.165, 1.54) is 5.56 Å². The standard InChI is InChI=1S/C14H21N5/c1-4-13(15)14-6-5-12(8-16-14)18(2)9-11-7-17-19(3)10-11/h5-8,10,13H,4,9,15H2,1-3H3/t13-/m1/s1. The number of nitrogens with zero attached hydrogens (tertiary/aromatic N) is 4. The van der Waals surface area contributed by atoms with Crippen molar-refractivity contribution in [3.8, 4) is 0 Å². The SMILES string of the molecule is CC[C@@H](N)c1ccc(N(C)Cc2cnn(C)c2)cn1. The van der Waals surface area contributed by atoms with Gasteiger partial charge in [0.2, 0.25) is 0 Å². The van der Waals surface area contributed by atoms with E-state index in [2.05, 4.69) is 28.0 Å². The second-order valence-corrected chi connectivity index (χ2v) is 4.83. The molecule has 19 heavy (non-hydrogen) atoms. The molecule has 0 spiro atoms. The van der Waals surface area contributed by atoms with Gasteiger partial charge in [0.05, 0.1) is 23.8 Å². The molecule has 0 amide bonds. The molecule has 102 valence electrons. The molecule has 5 nitrogen and oxygen atoms in total. The molecule has 1 atom stereocenters. The first-order valence-corrected chi connectivity index (χ1v) is 6.50. The molecular weight excluding hydrogens is 238 g/mol. The van der Waals surface area contributed by atoms with Crippen LogP contribution in [0.15, 0.2) is 30.7 Å². The normalized spacial score (nSPS) is 12.4. The average Bonchev–Trinajstić information content (AvgIpc) is 2.83. The lowest BCUT2D eigenvalue weighted by Crippen LogP contribution is -2.17. The average molecular weight is 259 g/mol. The monoisotopic (exact) mass is 259 g/mol. The first-order valence-electron chi connectivity index (χ1n) is 6.50. The van der Waals surface area contributed by atoms with Gasteiger partial charge in [-0.15, -0.1) is 0 Å². The summed E-state index contributed by atoms with van der Waals surface area (Å²) in [7, 11) is 3.97. The highest BCUT2D eigenvalue weighted by molar-refractivity contribution is 5.44. The number of anilines is 1. The number of hydrogen-bond acceptors (Lipinski definition) is 4. The zero-order valence-electron chi connectivity index (χ0n) is 11.7. The van der Waals surface area contributed by atoms with Crippen LogP contribution in [0.3, 0.4) is 0 Å². The lowest BCUT2D eigenvalue weighted by atomic mass is 10.1. The van der Waals surface area contributed by atoms with Crippen LogP contribution in [0.25, 0.3) is 0 Å². The predicted octanol–water partition coefficient (Wildman–Crippen LogP) is 1.86. The third kappa shape index (κ3) is 3.32. The minimum absolute atomic E-state index is 0.0256. The molecule has 2 aromatic rings. The number of pyridine rings is 1. The van der Waals surface area contributed by atoms with Crippen LogP contribution in [0, 0.1) is 0 Å². The first kappa shape index (κ1) is 13.5. The fraction of sp³-hybridized carbons (Fsp3) is 0.429. The Balaban J connectivity index is 2.05. The lowest BCUT2D eigenvalue weighted by molar-refractivity contribution is 0.675. The molecular formula is C14H21N5. The van der Waals surface area contributed by atoms with Gasteiger partial charge in [0, 0.05) is 38.4 Å². The Kier molecular flexibility index (Phi) is 4.16. The molecule has 0 fully saturated rings. The second-order valence-electron chi connectivity index (χ2n) is 4.83. The number of rotatable bonds is 5. The number of hydrogen-bond donors (Lipinski definition) is 1. The highest BCUT2D eigenvalue weighted by Gasteiger charge is 2.07. The summed E-state index contributed by atoms with van der Waals surface area (Å²) >= 11 is 0. The number of nitrogens with two attached hydrogens (primary N) is 1. The van der Waals surface area contributed by atoms with Crippen molar-refractivity contribution in [2.75, 3.05) is 11.9 Å². The van der Waals surface area contributed by atoms with Gasteiger partial charge in [0.15, 0.2) is 0 Å². The van der Waals surface area contributed by atoms with Gasteiger partial charge in [-0.2, -0.15) is 5.10 Å². The van der Waals surface area contributed by atoms with Crippen molar-refractivity contribution < 1.29 is 0 Å². The maximum absolute atomic E-state index is 5.96. The van der Waals surface area contributed by atoms with Crippen LogP contribution in [-0.2, 0) is 13.6 Å². The largest absolute Gasteiger partial charge is 0.369 e. The van der Waals surface area contributed by atoms with Crippen LogP contribution >= 0.6 is 0 Å². The molecule has 2 N–H and O–H groups in total. The van der Waals surface area contributed by atoms with Gasteiger partial charge in [0.1, 0.15) is 0 Å². The number of aryl methyl sites for hydroxylation is 1. The maximum Gasteiger partial charge on any atom is 0.0572 e. The Hall–Kier alpha value is -1.88. The topological polar surface area (TPSA) is 60.0 Å². The fourth-order valence-corrected chi connectivity index (χ4v) is 1.97. The van der Waals surface area contributed by atoms with E-state index in [9.17, 15) is 0 Å². The molecule has 0 saturated heterocycles. The van der Waals surface area contributed by atoms with Gasteiger partial charge in [0.25, 0.3) is 0 Å². The third-order valence-corrected chi connectivity index (χ3v) is 3.21. The van der Waals surface area contributed by atoms with Crippen molar-refractivity contribution in [3.05, 3.63) is 42.0 Å². The van der Waals surface area contributed by atoms with E-state index in [-0.39, 0.29) is 6.04 Å². The summed E-state index contributed by atoms with van der Waals surface area (Å²) in [6.07, 6.45) is 6.68. The van der Waals surface area contributed by atoms with Crippen molar-refractivity contribution in [2.45, 2.75) is 25.9 Å².